The standard InChI is InChI=1S/C20H17Cl2N7O2S/c1-28-18(9-31-15-5-2-13(21)3-6-15)26-27-20(28)32-10-19(30)25-16-8-14(22)4-7-17(16)29-12-23-11-24-29/h2-8,11-12H,9-10H2,1H3,(H,25,30). The molecule has 4 aromatic rings. The van der Waals surface area contributed by atoms with Gasteiger partial charge in [-0.15, -0.1) is 10.2 Å². The van der Waals surface area contributed by atoms with E-state index in [1.807, 2.05) is 7.05 Å². The first-order valence-electron chi connectivity index (χ1n) is 9.33. The minimum Gasteiger partial charge on any atom is -0.486 e. The number of nitrogens with zero attached hydrogens (tertiary/aromatic N) is 6. The lowest BCUT2D eigenvalue weighted by Crippen LogP contribution is -2.16. The molecule has 9 nitrogen and oxygen atoms in total. The molecule has 2 aromatic carbocycles. The van der Waals surface area contributed by atoms with E-state index in [0.29, 0.717) is 38.2 Å². The Morgan fingerprint density at radius 2 is 1.91 bits per heavy atom. The van der Waals surface area contributed by atoms with Crippen LogP contribution in [0.25, 0.3) is 5.69 Å². The van der Waals surface area contributed by atoms with E-state index in [0.717, 1.165) is 0 Å². The molecule has 4 rings (SSSR count). The fourth-order valence-electron chi connectivity index (χ4n) is 2.73. The summed E-state index contributed by atoms with van der Waals surface area (Å²) in [4.78, 5) is 16.5. The summed E-state index contributed by atoms with van der Waals surface area (Å²) >= 11 is 13.2. The number of halogens is 2. The largest absolute Gasteiger partial charge is 0.486 e. The minimum atomic E-state index is -0.222. The molecule has 0 unspecified atom stereocenters. The number of ether oxygens (including phenoxy) is 1. The van der Waals surface area contributed by atoms with Gasteiger partial charge in [0.1, 0.15) is 25.0 Å². The third-order valence-corrected chi connectivity index (χ3v) is 5.84. The zero-order valence-corrected chi connectivity index (χ0v) is 19.1. The first-order valence-corrected chi connectivity index (χ1v) is 11.1. The monoisotopic (exact) mass is 489 g/mol. The van der Waals surface area contributed by atoms with Gasteiger partial charge in [-0.25, -0.2) is 9.67 Å². The number of nitrogens with one attached hydrogen (secondary N) is 1. The average Bonchev–Trinajstić information content (AvgIpc) is 3.42. The van der Waals surface area contributed by atoms with Crippen molar-refractivity contribution in [2.45, 2.75) is 11.8 Å². The zero-order chi connectivity index (χ0) is 22.5. The van der Waals surface area contributed by atoms with Gasteiger partial charge in [0.25, 0.3) is 0 Å². The number of hydrogen-bond donors (Lipinski definition) is 1. The molecule has 0 fully saturated rings. The van der Waals surface area contributed by atoms with Gasteiger partial charge in [-0.3, -0.25) is 4.79 Å². The first-order chi connectivity index (χ1) is 15.5. The molecule has 0 bridgehead atoms. The highest BCUT2D eigenvalue weighted by atomic mass is 35.5. The van der Waals surface area contributed by atoms with Gasteiger partial charge in [-0.05, 0) is 42.5 Å². The Labute approximate surface area is 197 Å². The summed E-state index contributed by atoms with van der Waals surface area (Å²) in [6.07, 6.45) is 2.96. The van der Waals surface area contributed by atoms with Crippen LogP contribution in [-0.4, -0.2) is 41.2 Å². The Bertz CT molecular complexity index is 1210. The number of amides is 1. The van der Waals surface area contributed by atoms with E-state index in [-0.39, 0.29) is 18.3 Å². The predicted molar refractivity (Wildman–Crippen MR) is 123 cm³/mol. The van der Waals surface area contributed by atoms with Crippen molar-refractivity contribution in [1.82, 2.24) is 29.5 Å². The summed E-state index contributed by atoms with van der Waals surface area (Å²) in [7, 11) is 1.82. The maximum absolute atomic E-state index is 12.6. The van der Waals surface area contributed by atoms with Crippen LogP contribution in [0.1, 0.15) is 5.82 Å². The molecule has 0 saturated heterocycles. The van der Waals surface area contributed by atoms with Gasteiger partial charge >= 0.3 is 0 Å². The van der Waals surface area contributed by atoms with Crippen LogP contribution in [0, 0.1) is 0 Å². The second-order valence-corrected chi connectivity index (χ2v) is 8.35. The summed E-state index contributed by atoms with van der Waals surface area (Å²) in [6, 6.07) is 12.2. The number of anilines is 1. The van der Waals surface area contributed by atoms with Crippen LogP contribution in [0.3, 0.4) is 0 Å². The van der Waals surface area contributed by atoms with Gasteiger partial charge in [-0.1, -0.05) is 35.0 Å². The van der Waals surface area contributed by atoms with Gasteiger partial charge < -0.3 is 14.6 Å². The van der Waals surface area contributed by atoms with E-state index >= 15 is 0 Å². The molecule has 0 aliphatic carbocycles. The van der Waals surface area contributed by atoms with Crippen molar-refractivity contribution in [2.75, 3.05) is 11.1 Å². The number of carbonyl (C=O) groups is 1. The van der Waals surface area contributed by atoms with Crippen molar-refractivity contribution >= 4 is 46.6 Å². The molecule has 0 aliphatic heterocycles. The summed E-state index contributed by atoms with van der Waals surface area (Å²) < 4.78 is 9.05. The lowest BCUT2D eigenvalue weighted by Gasteiger charge is -2.11. The molecule has 164 valence electrons. The smallest absolute Gasteiger partial charge is 0.234 e. The highest BCUT2D eigenvalue weighted by Crippen LogP contribution is 2.25. The molecule has 0 aliphatic rings. The number of carbonyl (C=O) groups excluding carboxylic acids is 1. The number of rotatable bonds is 8. The van der Waals surface area contributed by atoms with E-state index < -0.39 is 0 Å². The molecule has 32 heavy (non-hydrogen) atoms. The Morgan fingerprint density at radius 3 is 2.66 bits per heavy atom. The average molecular weight is 490 g/mol. The summed E-state index contributed by atoms with van der Waals surface area (Å²) in [6.45, 7) is 0.238. The van der Waals surface area contributed by atoms with Crippen molar-refractivity contribution in [3.8, 4) is 11.4 Å². The Balaban J connectivity index is 1.36. The fraction of sp³-hybridized carbons (Fsp3) is 0.150. The molecular weight excluding hydrogens is 473 g/mol. The second-order valence-electron chi connectivity index (χ2n) is 6.54. The van der Waals surface area contributed by atoms with Gasteiger partial charge in [0.15, 0.2) is 11.0 Å². The summed E-state index contributed by atoms with van der Waals surface area (Å²) in [5.74, 6) is 1.22. The molecule has 2 heterocycles. The number of thioether (sulfide) groups is 1. The molecule has 0 radical (unpaired) electrons. The van der Waals surface area contributed by atoms with Crippen molar-refractivity contribution < 1.29 is 9.53 Å². The second kappa shape index (κ2) is 10.0. The molecule has 12 heteroatoms. The normalized spacial score (nSPS) is 10.8. The molecule has 1 N–H and O–H groups in total. The fourth-order valence-corrected chi connectivity index (χ4v) is 3.76. The summed E-state index contributed by atoms with van der Waals surface area (Å²) in [5, 5.41) is 17.0. The highest BCUT2D eigenvalue weighted by Gasteiger charge is 2.14. The van der Waals surface area contributed by atoms with E-state index in [1.54, 1.807) is 58.0 Å². The topological polar surface area (TPSA) is 99.8 Å². The van der Waals surface area contributed by atoms with Crippen LogP contribution in [0.15, 0.2) is 60.3 Å². The van der Waals surface area contributed by atoms with Gasteiger partial charge in [-0.2, -0.15) is 5.10 Å². The van der Waals surface area contributed by atoms with E-state index in [2.05, 4.69) is 25.6 Å². The van der Waals surface area contributed by atoms with Crippen LogP contribution in [0.4, 0.5) is 5.69 Å². The van der Waals surface area contributed by atoms with Crippen molar-refractivity contribution in [2.24, 2.45) is 7.05 Å². The Kier molecular flexibility index (Phi) is 6.93. The highest BCUT2D eigenvalue weighted by molar-refractivity contribution is 7.99. The van der Waals surface area contributed by atoms with Crippen LogP contribution in [0.5, 0.6) is 5.75 Å². The first kappa shape index (κ1) is 22.1. The maximum Gasteiger partial charge on any atom is 0.234 e. The van der Waals surface area contributed by atoms with Gasteiger partial charge in [0.05, 0.1) is 17.1 Å². The van der Waals surface area contributed by atoms with Crippen molar-refractivity contribution in [3.05, 3.63) is 71.0 Å². The SMILES string of the molecule is Cn1c(COc2ccc(Cl)cc2)nnc1SCC(=O)Nc1cc(Cl)ccc1-n1cncn1. The van der Waals surface area contributed by atoms with Crippen molar-refractivity contribution in [1.29, 1.82) is 0 Å². The third kappa shape index (κ3) is 5.39. The number of aromatic nitrogens is 6. The number of hydrogen-bond acceptors (Lipinski definition) is 7. The molecule has 0 saturated carbocycles. The lowest BCUT2D eigenvalue weighted by atomic mass is 10.2. The number of benzene rings is 2. The van der Waals surface area contributed by atoms with Crippen LogP contribution < -0.4 is 10.1 Å². The van der Waals surface area contributed by atoms with Gasteiger partial charge in [0.2, 0.25) is 5.91 Å². The quantitative estimate of drug-likeness (QED) is 0.373. The Hall–Kier alpha value is -3.08. The van der Waals surface area contributed by atoms with Gasteiger partial charge in [0, 0.05) is 17.1 Å². The van der Waals surface area contributed by atoms with E-state index in [1.165, 1.54) is 18.1 Å². The minimum absolute atomic E-state index is 0.132. The summed E-state index contributed by atoms with van der Waals surface area (Å²) in [5.41, 5.74) is 1.19. The van der Waals surface area contributed by atoms with E-state index in [4.69, 9.17) is 27.9 Å². The zero-order valence-electron chi connectivity index (χ0n) is 16.8. The Morgan fingerprint density at radius 1 is 1.12 bits per heavy atom. The lowest BCUT2D eigenvalue weighted by molar-refractivity contribution is -0.113. The van der Waals surface area contributed by atoms with Crippen molar-refractivity contribution in [3.63, 3.8) is 0 Å². The molecule has 1 amide bonds. The molecule has 0 atom stereocenters. The molecular formula is C20H17Cl2N7O2S. The van der Waals surface area contributed by atoms with E-state index in [9.17, 15) is 4.79 Å². The molecule has 2 aromatic heterocycles. The van der Waals surface area contributed by atoms with Crippen LogP contribution >= 0.6 is 35.0 Å². The molecule has 0 spiro atoms. The van der Waals surface area contributed by atoms with Crippen LogP contribution in [0.2, 0.25) is 10.0 Å². The van der Waals surface area contributed by atoms with Crippen LogP contribution in [-0.2, 0) is 18.4 Å². The third-order valence-electron chi connectivity index (χ3n) is 4.34. The maximum atomic E-state index is 12.6. The predicted octanol–water partition coefficient (Wildman–Crippen LogP) is 4.01.